The van der Waals surface area contributed by atoms with Crippen molar-refractivity contribution in [3.8, 4) is 11.6 Å². The standard InChI is InChI=1S/C19H22N4O3/c1-12-9-13-10-21-19(24)17(13)22-18(12)23-7-5-14(6-8-23)26-15-3-4-16(25-2)20-11-15/h3-4,9,11,14H,5-8,10H2,1-2H3,(H,21,24). The van der Waals surface area contributed by atoms with Crippen molar-refractivity contribution in [1.82, 2.24) is 15.3 Å². The number of hydrogen-bond donors (Lipinski definition) is 1. The monoisotopic (exact) mass is 354 g/mol. The fourth-order valence-corrected chi connectivity index (χ4v) is 3.51. The number of nitrogens with zero attached hydrogens (tertiary/aromatic N) is 3. The number of rotatable bonds is 4. The van der Waals surface area contributed by atoms with Crippen molar-refractivity contribution in [2.24, 2.45) is 0 Å². The Labute approximate surface area is 152 Å². The van der Waals surface area contributed by atoms with Crippen LogP contribution in [0.25, 0.3) is 0 Å². The molecule has 2 aliphatic heterocycles. The topological polar surface area (TPSA) is 76.6 Å². The van der Waals surface area contributed by atoms with E-state index >= 15 is 0 Å². The number of aromatic nitrogens is 2. The first-order valence-electron chi connectivity index (χ1n) is 8.84. The second-order valence-electron chi connectivity index (χ2n) is 6.66. The van der Waals surface area contributed by atoms with Crippen molar-refractivity contribution in [3.63, 3.8) is 0 Å². The van der Waals surface area contributed by atoms with Gasteiger partial charge in [-0.25, -0.2) is 9.97 Å². The van der Waals surface area contributed by atoms with E-state index in [0.717, 1.165) is 48.6 Å². The van der Waals surface area contributed by atoms with Gasteiger partial charge in [-0.05, 0) is 24.6 Å². The number of methoxy groups -OCH3 is 1. The van der Waals surface area contributed by atoms with Crippen LogP contribution in [0, 0.1) is 6.92 Å². The Hall–Kier alpha value is -2.83. The molecular formula is C19H22N4O3. The van der Waals surface area contributed by atoms with Crippen LogP contribution in [0.3, 0.4) is 0 Å². The summed E-state index contributed by atoms with van der Waals surface area (Å²) in [5, 5.41) is 2.83. The average molecular weight is 354 g/mol. The minimum Gasteiger partial charge on any atom is -0.489 e. The predicted molar refractivity (Wildman–Crippen MR) is 96.8 cm³/mol. The molecule has 0 unspecified atom stereocenters. The molecule has 0 bridgehead atoms. The molecule has 1 N–H and O–H groups in total. The maximum absolute atomic E-state index is 11.9. The van der Waals surface area contributed by atoms with Crippen LogP contribution in [0.1, 0.15) is 34.5 Å². The van der Waals surface area contributed by atoms with Gasteiger partial charge in [-0.1, -0.05) is 0 Å². The molecule has 1 fully saturated rings. The van der Waals surface area contributed by atoms with Crippen molar-refractivity contribution in [1.29, 1.82) is 0 Å². The Morgan fingerprint density at radius 2 is 2.08 bits per heavy atom. The molecule has 1 saturated heterocycles. The lowest BCUT2D eigenvalue weighted by Crippen LogP contribution is -2.39. The summed E-state index contributed by atoms with van der Waals surface area (Å²) in [6.45, 7) is 4.33. The first-order chi connectivity index (χ1) is 12.6. The van der Waals surface area contributed by atoms with Crippen molar-refractivity contribution in [2.45, 2.75) is 32.4 Å². The highest BCUT2D eigenvalue weighted by Gasteiger charge is 2.27. The molecule has 4 rings (SSSR count). The van der Waals surface area contributed by atoms with E-state index in [9.17, 15) is 4.79 Å². The minimum absolute atomic E-state index is 0.0773. The number of fused-ring (bicyclic) bond motifs is 1. The highest BCUT2D eigenvalue weighted by molar-refractivity contribution is 5.96. The van der Waals surface area contributed by atoms with Gasteiger partial charge >= 0.3 is 0 Å². The fraction of sp³-hybridized carbons (Fsp3) is 0.421. The van der Waals surface area contributed by atoms with E-state index in [1.54, 1.807) is 19.4 Å². The molecule has 7 nitrogen and oxygen atoms in total. The number of piperidine rings is 1. The highest BCUT2D eigenvalue weighted by atomic mass is 16.5. The van der Waals surface area contributed by atoms with Crippen LogP contribution in [0.2, 0.25) is 0 Å². The third-order valence-corrected chi connectivity index (χ3v) is 4.88. The molecule has 0 saturated carbocycles. The lowest BCUT2D eigenvalue weighted by atomic mass is 10.1. The average Bonchev–Trinajstić information content (AvgIpc) is 3.02. The summed E-state index contributed by atoms with van der Waals surface area (Å²) >= 11 is 0. The Morgan fingerprint density at radius 1 is 1.27 bits per heavy atom. The number of hydrogen-bond acceptors (Lipinski definition) is 6. The number of aryl methyl sites for hydroxylation is 1. The summed E-state index contributed by atoms with van der Waals surface area (Å²) in [7, 11) is 1.59. The number of carbonyl (C=O) groups excluding carboxylic acids is 1. The van der Waals surface area contributed by atoms with E-state index in [1.807, 2.05) is 6.07 Å². The molecule has 0 aromatic carbocycles. The maximum Gasteiger partial charge on any atom is 0.270 e. The van der Waals surface area contributed by atoms with Gasteiger partial charge in [0, 0.05) is 44.1 Å². The number of amides is 1. The molecule has 2 aromatic rings. The summed E-state index contributed by atoms with van der Waals surface area (Å²) in [5.41, 5.74) is 2.66. The molecular weight excluding hydrogens is 332 g/mol. The molecule has 136 valence electrons. The zero-order valence-electron chi connectivity index (χ0n) is 15.0. The van der Waals surface area contributed by atoms with E-state index in [2.05, 4.69) is 33.2 Å². The third-order valence-electron chi connectivity index (χ3n) is 4.88. The van der Waals surface area contributed by atoms with E-state index in [0.29, 0.717) is 18.1 Å². The summed E-state index contributed by atoms with van der Waals surface area (Å²) in [6, 6.07) is 5.75. The van der Waals surface area contributed by atoms with Crippen LogP contribution in [0.4, 0.5) is 5.82 Å². The van der Waals surface area contributed by atoms with Gasteiger partial charge in [-0.3, -0.25) is 4.79 Å². The van der Waals surface area contributed by atoms with Crippen LogP contribution in [0.5, 0.6) is 11.6 Å². The second kappa shape index (κ2) is 6.82. The second-order valence-corrected chi connectivity index (χ2v) is 6.66. The Balaban J connectivity index is 1.40. The number of carbonyl (C=O) groups is 1. The number of pyridine rings is 2. The van der Waals surface area contributed by atoms with E-state index in [4.69, 9.17) is 9.47 Å². The van der Waals surface area contributed by atoms with Gasteiger partial charge in [-0.15, -0.1) is 0 Å². The van der Waals surface area contributed by atoms with Crippen LogP contribution < -0.4 is 19.7 Å². The Kier molecular flexibility index (Phi) is 4.36. The van der Waals surface area contributed by atoms with Gasteiger partial charge in [0.05, 0.1) is 13.3 Å². The summed E-state index contributed by atoms with van der Waals surface area (Å²) in [5.74, 6) is 2.17. The van der Waals surface area contributed by atoms with E-state index in [1.165, 1.54) is 0 Å². The minimum atomic E-state index is -0.0773. The molecule has 26 heavy (non-hydrogen) atoms. The summed E-state index contributed by atoms with van der Waals surface area (Å²) < 4.78 is 11.1. The van der Waals surface area contributed by atoms with Gasteiger partial charge in [0.15, 0.2) is 0 Å². The van der Waals surface area contributed by atoms with Gasteiger partial charge < -0.3 is 19.7 Å². The quantitative estimate of drug-likeness (QED) is 0.906. The first-order valence-corrected chi connectivity index (χ1v) is 8.84. The lowest BCUT2D eigenvalue weighted by Gasteiger charge is -2.33. The Morgan fingerprint density at radius 3 is 2.77 bits per heavy atom. The Bertz CT molecular complexity index is 814. The smallest absolute Gasteiger partial charge is 0.270 e. The van der Waals surface area contributed by atoms with Gasteiger partial charge in [0.2, 0.25) is 5.88 Å². The van der Waals surface area contributed by atoms with Crippen LogP contribution in [0.15, 0.2) is 24.4 Å². The van der Waals surface area contributed by atoms with Crippen molar-refractivity contribution in [3.05, 3.63) is 41.2 Å². The van der Waals surface area contributed by atoms with Crippen molar-refractivity contribution in [2.75, 3.05) is 25.1 Å². The van der Waals surface area contributed by atoms with Crippen molar-refractivity contribution >= 4 is 11.7 Å². The zero-order valence-corrected chi connectivity index (χ0v) is 15.0. The normalized spacial score (nSPS) is 17.0. The number of ether oxygens (including phenoxy) is 2. The fourth-order valence-electron chi connectivity index (χ4n) is 3.51. The molecule has 2 aliphatic rings. The molecule has 2 aromatic heterocycles. The molecule has 0 spiro atoms. The summed E-state index contributed by atoms with van der Waals surface area (Å²) in [4.78, 5) is 22.9. The molecule has 1 amide bonds. The van der Waals surface area contributed by atoms with Gasteiger partial charge in [-0.2, -0.15) is 0 Å². The highest BCUT2D eigenvalue weighted by Crippen LogP contribution is 2.27. The molecule has 4 heterocycles. The van der Waals surface area contributed by atoms with E-state index < -0.39 is 0 Å². The molecule has 0 aliphatic carbocycles. The molecule has 0 radical (unpaired) electrons. The molecule has 0 atom stereocenters. The van der Waals surface area contributed by atoms with E-state index in [-0.39, 0.29) is 12.0 Å². The maximum atomic E-state index is 11.9. The SMILES string of the molecule is COc1ccc(OC2CCN(c3nc4c(cc3C)CNC4=O)CC2)cn1. The van der Waals surface area contributed by atoms with Gasteiger partial charge in [0.25, 0.3) is 5.91 Å². The third kappa shape index (κ3) is 3.16. The molecule has 7 heteroatoms. The van der Waals surface area contributed by atoms with Crippen LogP contribution >= 0.6 is 0 Å². The van der Waals surface area contributed by atoms with Crippen LogP contribution in [-0.2, 0) is 6.54 Å². The van der Waals surface area contributed by atoms with Gasteiger partial charge in [0.1, 0.15) is 23.4 Å². The first kappa shape index (κ1) is 16.6. The van der Waals surface area contributed by atoms with Crippen molar-refractivity contribution < 1.29 is 14.3 Å². The number of nitrogens with one attached hydrogen (secondary N) is 1. The zero-order chi connectivity index (χ0) is 18.1. The predicted octanol–water partition coefficient (Wildman–Crippen LogP) is 2.08. The largest absolute Gasteiger partial charge is 0.489 e. The van der Waals surface area contributed by atoms with Crippen LogP contribution in [-0.4, -0.2) is 42.2 Å². The number of anilines is 1. The summed E-state index contributed by atoms with van der Waals surface area (Å²) in [6.07, 6.45) is 3.64. The lowest BCUT2D eigenvalue weighted by molar-refractivity contribution is 0.0961.